The maximum atomic E-state index is 10.0. The van der Waals surface area contributed by atoms with Crippen LogP contribution < -0.4 is 5.32 Å². The second-order valence-electron chi connectivity index (χ2n) is 4.67. The van der Waals surface area contributed by atoms with Crippen LogP contribution in [0.2, 0.25) is 0 Å². The number of fused-ring (bicyclic) bond motifs is 1. The quantitative estimate of drug-likeness (QED) is 0.544. The van der Waals surface area contributed by atoms with E-state index in [0.717, 1.165) is 11.6 Å². The molecule has 2 aliphatic heterocycles. The van der Waals surface area contributed by atoms with E-state index < -0.39 is 24.4 Å². The Kier molecular flexibility index (Phi) is 4.50. The summed E-state index contributed by atoms with van der Waals surface area (Å²) in [5.74, 6) is 0. The van der Waals surface area contributed by atoms with Crippen molar-refractivity contribution in [2.75, 3.05) is 6.54 Å². The number of nitrogens with zero attached hydrogens (tertiary/aromatic N) is 1. The Morgan fingerprint density at radius 2 is 2.17 bits per heavy atom. The summed E-state index contributed by atoms with van der Waals surface area (Å²) in [6, 6.07) is -0.379. The van der Waals surface area contributed by atoms with Crippen LogP contribution in [0.5, 0.6) is 0 Å². The van der Waals surface area contributed by atoms with Gasteiger partial charge < -0.3 is 25.4 Å². The molecule has 0 bridgehead atoms. The molecule has 2 aliphatic rings. The van der Waals surface area contributed by atoms with Crippen LogP contribution in [0.25, 0.3) is 0 Å². The van der Waals surface area contributed by atoms with E-state index in [1.54, 1.807) is 6.92 Å². The monoisotopic (exact) mass is 276 g/mol. The Hall–Kier alpha value is -0.340. The Morgan fingerprint density at radius 1 is 1.44 bits per heavy atom. The fourth-order valence-corrected chi connectivity index (χ4v) is 3.27. The van der Waals surface area contributed by atoms with Gasteiger partial charge in [0.05, 0.1) is 12.1 Å². The van der Waals surface area contributed by atoms with Crippen molar-refractivity contribution < 1.29 is 20.1 Å². The van der Waals surface area contributed by atoms with Crippen molar-refractivity contribution in [1.82, 2.24) is 5.32 Å². The van der Waals surface area contributed by atoms with Gasteiger partial charge in [-0.1, -0.05) is 18.7 Å². The van der Waals surface area contributed by atoms with E-state index in [2.05, 4.69) is 10.3 Å². The number of hydrogen-bond donors (Lipinski definition) is 4. The van der Waals surface area contributed by atoms with Crippen molar-refractivity contribution in [3.63, 3.8) is 0 Å². The van der Waals surface area contributed by atoms with Gasteiger partial charge in [0.2, 0.25) is 0 Å². The molecule has 7 heteroatoms. The van der Waals surface area contributed by atoms with Crippen molar-refractivity contribution >= 4 is 16.9 Å². The highest BCUT2D eigenvalue weighted by molar-refractivity contribution is 8.14. The molecule has 6 atom stereocenters. The predicted molar refractivity (Wildman–Crippen MR) is 69.5 cm³/mol. The number of amidine groups is 1. The minimum absolute atomic E-state index is 0.321. The highest BCUT2D eigenvalue weighted by Gasteiger charge is 2.50. The lowest BCUT2D eigenvalue weighted by atomic mass is 9.95. The molecule has 0 aromatic rings. The Morgan fingerprint density at radius 3 is 2.78 bits per heavy atom. The zero-order valence-electron chi connectivity index (χ0n) is 10.5. The first-order chi connectivity index (χ1) is 8.54. The Bertz CT molecular complexity index is 326. The third-order valence-corrected chi connectivity index (χ3v) is 4.22. The van der Waals surface area contributed by atoms with Gasteiger partial charge in [-0.3, -0.25) is 4.99 Å². The normalized spacial score (nSPS) is 43.6. The first-order valence-corrected chi connectivity index (χ1v) is 7.10. The van der Waals surface area contributed by atoms with Crippen molar-refractivity contribution in [3.05, 3.63) is 0 Å². The largest absolute Gasteiger partial charge is 0.391 e. The van der Waals surface area contributed by atoms with Crippen LogP contribution in [0.4, 0.5) is 0 Å². The molecule has 0 aliphatic carbocycles. The van der Waals surface area contributed by atoms with E-state index in [9.17, 15) is 15.3 Å². The summed E-state index contributed by atoms with van der Waals surface area (Å²) in [6.07, 6.45) is -2.70. The fourth-order valence-electron chi connectivity index (χ4n) is 2.12. The van der Waals surface area contributed by atoms with Crippen molar-refractivity contribution in [3.8, 4) is 0 Å². The van der Waals surface area contributed by atoms with Crippen LogP contribution in [0.3, 0.4) is 0 Å². The number of rotatable bonds is 3. The summed E-state index contributed by atoms with van der Waals surface area (Å²) in [5.41, 5.74) is -0.321. The third kappa shape index (κ3) is 2.65. The average molecular weight is 276 g/mol. The molecule has 2 heterocycles. The number of aliphatic imine (C=N–C) groups is 1. The van der Waals surface area contributed by atoms with Gasteiger partial charge in [-0.25, -0.2) is 0 Å². The lowest BCUT2D eigenvalue weighted by Gasteiger charge is -2.40. The van der Waals surface area contributed by atoms with Gasteiger partial charge >= 0.3 is 0 Å². The number of ether oxygens (including phenoxy) is 1. The van der Waals surface area contributed by atoms with E-state index in [1.807, 2.05) is 6.92 Å². The average Bonchev–Trinajstić information content (AvgIpc) is 2.74. The molecule has 0 radical (unpaired) electrons. The summed E-state index contributed by atoms with van der Waals surface area (Å²) in [5, 5.41) is 33.3. The van der Waals surface area contributed by atoms with E-state index >= 15 is 0 Å². The van der Waals surface area contributed by atoms with Crippen LogP contribution >= 0.6 is 11.8 Å². The van der Waals surface area contributed by atoms with Crippen molar-refractivity contribution in [2.24, 2.45) is 4.99 Å². The second-order valence-corrected chi connectivity index (χ2v) is 5.75. The number of thioether (sulfide) groups is 1. The molecule has 0 saturated carbocycles. The minimum Gasteiger partial charge on any atom is -0.391 e. The summed E-state index contributed by atoms with van der Waals surface area (Å²) < 4.78 is 5.62. The van der Waals surface area contributed by atoms with Gasteiger partial charge in [-0.15, -0.1) is 0 Å². The van der Waals surface area contributed by atoms with Crippen LogP contribution in [-0.2, 0) is 4.74 Å². The number of aliphatic hydroxyl groups excluding tert-OH is 3. The number of nitrogens with one attached hydrogen (secondary N) is 1. The second kappa shape index (κ2) is 5.75. The molecule has 0 aromatic heterocycles. The molecule has 104 valence electrons. The summed E-state index contributed by atoms with van der Waals surface area (Å²) in [7, 11) is 0. The highest BCUT2D eigenvalue weighted by atomic mass is 32.2. The topological polar surface area (TPSA) is 94.3 Å². The smallest absolute Gasteiger partial charge is 0.159 e. The maximum Gasteiger partial charge on any atom is 0.159 e. The SMILES string of the molecule is CCCN=C1NC2C(OC([C@H](C)O)C(O)C2O)S1. The molecule has 2 saturated heterocycles. The van der Waals surface area contributed by atoms with E-state index in [1.165, 1.54) is 11.8 Å². The molecule has 5 unspecified atom stereocenters. The van der Waals surface area contributed by atoms with Crippen LogP contribution in [0.15, 0.2) is 4.99 Å². The van der Waals surface area contributed by atoms with Crippen molar-refractivity contribution in [2.45, 2.75) is 56.2 Å². The molecular formula is C11H20N2O4S. The van der Waals surface area contributed by atoms with Gasteiger partial charge in [0.15, 0.2) is 5.17 Å². The molecule has 18 heavy (non-hydrogen) atoms. The number of hydrogen-bond acceptors (Lipinski definition) is 6. The van der Waals surface area contributed by atoms with E-state index in [4.69, 9.17) is 4.74 Å². The fraction of sp³-hybridized carbons (Fsp3) is 0.909. The Labute approximate surface area is 110 Å². The van der Waals surface area contributed by atoms with E-state index in [-0.39, 0.29) is 11.5 Å². The van der Waals surface area contributed by atoms with E-state index in [0.29, 0.717) is 6.54 Å². The van der Waals surface area contributed by atoms with Crippen LogP contribution in [0.1, 0.15) is 20.3 Å². The van der Waals surface area contributed by atoms with Gasteiger partial charge in [0.1, 0.15) is 23.7 Å². The minimum atomic E-state index is -1.09. The summed E-state index contributed by atoms with van der Waals surface area (Å²) in [4.78, 5) is 4.33. The van der Waals surface area contributed by atoms with Crippen LogP contribution in [0, 0.1) is 0 Å². The molecule has 0 amide bonds. The summed E-state index contributed by atoms with van der Waals surface area (Å²) in [6.45, 7) is 4.29. The van der Waals surface area contributed by atoms with Gasteiger partial charge in [0.25, 0.3) is 0 Å². The maximum absolute atomic E-state index is 10.0. The van der Waals surface area contributed by atoms with Crippen molar-refractivity contribution in [1.29, 1.82) is 0 Å². The van der Waals surface area contributed by atoms with Crippen LogP contribution in [-0.4, -0.2) is 62.9 Å². The highest BCUT2D eigenvalue weighted by Crippen LogP contribution is 2.34. The molecular weight excluding hydrogens is 256 g/mol. The third-order valence-electron chi connectivity index (χ3n) is 3.11. The Balaban J connectivity index is 2.07. The van der Waals surface area contributed by atoms with Gasteiger partial charge in [-0.2, -0.15) is 0 Å². The molecule has 2 rings (SSSR count). The van der Waals surface area contributed by atoms with Gasteiger partial charge in [-0.05, 0) is 13.3 Å². The molecule has 6 nitrogen and oxygen atoms in total. The zero-order valence-corrected chi connectivity index (χ0v) is 11.3. The molecule has 0 spiro atoms. The molecule has 2 fully saturated rings. The first kappa shape index (κ1) is 14.1. The molecule has 0 aromatic carbocycles. The predicted octanol–water partition coefficient (Wildman–Crippen LogP) is -0.715. The van der Waals surface area contributed by atoms with Gasteiger partial charge in [0, 0.05) is 6.54 Å². The lowest BCUT2D eigenvalue weighted by molar-refractivity contribution is -0.184. The lowest BCUT2D eigenvalue weighted by Crippen LogP contribution is -2.61. The zero-order chi connectivity index (χ0) is 13.3. The summed E-state index contributed by atoms with van der Waals surface area (Å²) >= 11 is 1.40. The molecule has 4 N–H and O–H groups in total. The standard InChI is InChI=1S/C11H20N2O4S/c1-3-4-12-11-13-6-7(15)8(16)9(5(2)14)17-10(6)18-11/h5-10,14-16H,3-4H2,1-2H3,(H,12,13)/t5-,6?,7?,8?,9?,10?/m0/s1. The first-order valence-electron chi connectivity index (χ1n) is 6.22. The number of aliphatic hydroxyl groups is 3.